The van der Waals surface area contributed by atoms with Crippen LogP contribution in [0.1, 0.15) is 45.5 Å². The van der Waals surface area contributed by atoms with Crippen molar-refractivity contribution in [1.82, 2.24) is 14.5 Å². The van der Waals surface area contributed by atoms with E-state index in [0.717, 1.165) is 42.8 Å². The van der Waals surface area contributed by atoms with Gasteiger partial charge in [0.25, 0.3) is 5.56 Å². The minimum absolute atomic E-state index is 0.0531. The van der Waals surface area contributed by atoms with Crippen LogP contribution < -0.4 is 5.56 Å². The van der Waals surface area contributed by atoms with E-state index in [1.807, 2.05) is 28.8 Å². The molecule has 2 aromatic heterocycles. The summed E-state index contributed by atoms with van der Waals surface area (Å²) in [6.45, 7) is 3.52. The average molecular weight is 432 g/mol. The van der Waals surface area contributed by atoms with E-state index in [2.05, 4.69) is 11.9 Å². The molecule has 0 atom stereocenters. The highest BCUT2D eigenvalue weighted by Gasteiger charge is 2.26. The molecule has 0 amide bonds. The lowest BCUT2D eigenvalue weighted by Gasteiger charge is -2.31. The zero-order chi connectivity index (χ0) is 20.7. The van der Waals surface area contributed by atoms with Crippen LogP contribution in [-0.2, 0) is 6.42 Å². The van der Waals surface area contributed by atoms with Crippen molar-refractivity contribution in [2.75, 3.05) is 20.1 Å². The number of carbonyl (C=O) groups is 1. The van der Waals surface area contributed by atoms with E-state index in [4.69, 9.17) is 16.6 Å². The second-order valence-electron chi connectivity index (χ2n) is 7.59. The number of hydrogen-bond donors (Lipinski definition) is 1. The van der Waals surface area contributed by atoms with E-state index in [-0.39, 0.29) is 16.5 Å². The Bertz CT molecular complexity index is 1150. The number of carboxylic acid groups (broad SMARTS) is 1. The van der Waals surface area contributed by atoms with Crippen molar-refractivity contribution in [3.05, 3.63) is 61.5 Å². The third-order valence-electron chi connectivity index (χ3n) is 5.57. The van der Waals surface area contributed by atoms with E-state index in [0.29, 0.717) is 33.0 Å². The largest absolute Gasteiger partial charge is 0.477 e. The number of aromatic nitrogens is 2. The number of hydrogen-bond acceptors (Lipinski definition) is 5. The van der Waals surface area contributed by atoms with Crippen LogP contribution in [0.2, 0.25) is 5.02 Å². The SMILES string of the molecule is Cc1c(C(=O)O)sc2nc(Cc3cccc(Cl)c3)n(C3CCN(C)CC3)c(=O)c12. The molecule has 0 spiro atoms. The fourth-order valence-electron chi connectivity index (χ4n) is 4.03. The number of rotatable bonds is 4. The van der Waals surface area contributed by atoms with Crippen molar-refractivity contribution in [3.8, 4) is 0 Å². The number of benzene rings is 1. The summed E-state index contributed by atoms with van der Waals surface area (Å²) in [4.78, 5) is 32.8. The van der Waals surface area contributed by atoms with Gasteiger partial charge in [0, 0.05) is 17.5 Å². The van der Waals surface area contributed by atoms with Crippen LogP contribution >= 0.6 is 22.9 Å². The maximum atomic E-state index is 13.5. The molecule has 1 aliphatic heterocycles. The Labute approximate surface area is 177 Å². The monoisotopic (exact) mass is 431 g/mol. The van der Waals surface area contributed by atoms with E-state index >= 15 is 0 Å². The van der Waals surface area contributed by atoms with Gasteiger partial charge in [0.2, 0.25) is 0 Å². The molecule has 1 aliphatic rings. The first-order valence-corrected chi connectivity index (χ1v) is 10.8. The molecule has 8 heteroatoms. The van der Waals surface area contributed by atoms with E-state index in [1.165, 1.54) is 0 Å². The highest BCUT2D eigenvalue weighted by atomic mass is 35.5. The lowest BCUT2D eigenvalue weighted by molar-refractivity contribution is 0.0701. The van der Waals surface area contributed by atoms with Crippen molar-refractivity contribution in [2.45, 2.75) is 32.2 Å². The lowest BCUT2D eigenvalue weighted by Crippen LogP contribution is -2.37. The second-order valence-corrected chi connectivity index (χ2v) is 9.02. The molecule has 3 heterocycles. The minimum Gasteiger partial charge on any atom is -0.477 e. The number of fused-ring (bicyclic) bond motifs is 1. The molecule has 0 bridgehead atoms. The molecule has 152 valence electrons. The Balaban J connectivity index is 1.90. The van der Waals surface area contributed by atoms with Crippen molar-refractivity contribution in [2.24, 2.45) is 0 Å². The van der Waals surface area contributed by atoms with Gasteiger partial charge in [-0.05, 0) is 63.2 Å². The summed E-state index contributed by atoms with van der Waals surface area (Å²) >= 11 is 7.21. The standard InChI is InChI=1S/C21H22ClN3O3S/c1-12-17-19(29-18(12)21(27)28)23-16(11-13-4-3-5-14(22)10-13)25(20(17)26)15-6-8-24(2)9-7-15/h3-5,10,15H,6-9,11H2,1-2H3,(H,27,28). The first-order valence-electron chi connectivity index (χ1n) is 9.56. The summed E-state index contributed by atoms with van der Waals surface area (Å²) in [5.41, 5.74) is 1.34. The van der Waals surface area contributed by atoms with Crippen LogP contribution in [-0.4, -0.2) is 45.7 Å². The fourth-order valence-corrected chi connectivity index (χ4v) is 5.27. The van der Waals surface area contributed by atoms with Gasteiger partial charge in [0.05, 0.1) is 5.39 Å². The molecule has 1 N–H and O–H groups in total. The van der Waals surface area contributed by atoms with Gasteiger partial charge in [-0.2, -0.15) is 0 Å². The average Bonchev–Trinajstić information content (AvgIpc) is 3.00. The molecule has 0 radical (unpaired) electrons. The van der Waals surface area contributed by atoms with Gasteiger partial charge in [0.1, 0.15) is 15.5 Å². The molecule has 0 saturated carbocycles. The number of aromatic carboxylic acids is 1. The van der Waals surface area contributed by atoms with Crippen LogP contribution in [0.3, 0.4) is 0 Å². The molecule has 1 fully saturated rings. The molecule has 6 nitrogen and oxygen atoms in total. The van der Waals surface area contributed by atoms with Crippen LogP contribution in [0.25, 0.3) is 10.2 Å². The van der Waals surface area contributed by atoms with Gasteiger partial charge in [-0.1, -0.05) is 23.7 Å². The van der Waals surface area contributed by atoms with Gasteiger partial charge in [-0.25, -0.2) is 9.78 Å². The number of likely N-dealkylation sites (tertiary alicyclic amines) is 1. The minimum atomic E-state index is -1.02. The van der Waals surface area contributed by atoms with Gasteiger partial charge in [-0.15, -0.1) is 11.3 Å². The summed E-state index contributed by atoms with van der Waals surface area (Å²) in [6.07, 6.45) is 2.19. The Kier molecular flexibility index (Phi) is 5.46. The maximum Gasteiger partial charge on any atom is 0.346 e. The second kappa shape index (κ2) is 7.89. The zero-order valence-corrected chi connectivity index (χ0v) is 17.9. The first kappa shape index (κ1) is 20.1. The molecular weight excluding hydrogens is 410 g/mol. The molecule has 0 aliphatic carbocycles. The molecule has 1 saturated heterocycles. The summed E-state index contributed by atoms with van der Waals surface area (Å²) in [5.74, 6) is -0.357. The smallest absolute Gasteiger partial charge is 0.346 e. The normalized spacial score (nSPS) is 15.8. The lowest BCUT2D eigenvalue weighted by atomic mass is 10.0. The van der Waals surface area contributed by atoms with Gasteiger partial charge in [-0.3, -0.25) is 9.36 Å². The number of piperidine rings is 1. The molecule has 29 heavy (non-hydrogen) atoms. The van der Waals surface area contributed by atoms with Gasteiger partial charge in [0.15, 0.2) is 0 Å². The summed E-state index contributed by atoms with van der Waals surface area (Å²) < 4.78 is 1.81. The Morgan fingerprint density at radius 1 is 1.34 bits per heavy atom. The van der Waals surface area contributed by atoms with Crippen molar-refractivity contribution in [3.63, 3.8) is 0 Å². The first-order chi connectivity index (χ1) is 13.8. The molecule has 1 aromatic carbocycles. The number of halogens is 1. The third-order valence-corrected chi connectivity index (χ3v) is 6.98. The summed E-state index contributed by atoms with van der Waals surface area (Å²) in [5, 5.41) is 10.6. The van der Waals surface area contributed by atoms with Gasteiger partial charge >= 0.3 is 5.97 Å². The Morgan fingerprint density at radius 2 is 2.07 bits per heavy atom. The Hall–Kier alpha value is -2.22. The van der Waals surface area contributed by atoms with Crippen LogP contribution in [0.15, 0.2) is 29.1 Å². The highest BCUT2D eigenvalue weighted by molar-refractivity contribution is 7.20. The van der Waals surface area contributed by atoms with E-state index < -0.39 is 5.97 Å². The van der Waals surface area contributed by atoms with Crippen molar-refractivity contribution < 1.29 is 9.90 Å². The molecular formula is C21H22ClN3O3S. The van der Waals surface area contributed by atoms with Crippen LogP contribution in [0.4, 0.5) is 0 Å². The Morgan fingerprint density at radius 3 is 2.72 bits per heavy atom. The summed E-state index contributed by atoms with van der Waals surface area (Å²) in [6, 6.07) is 7.58. The fraction of sp³-hybridized carbons (Fsp3) is 0.381. The predicted octanol–water partition coefficient (Wildman–Crippen LogP) is 3.98. The van der Waals surface area contributed by atoms with Crippen LogP contribution in [0.5, 0.6) is 0 Å². The van der Waals surface area contributed by atoms with Crippen molar-refractivity contribution >= 4 is 39.1 Å². The topological polar surface area (TPSA) is 75.4 Å². The molecule has 0 unspecified atom stereocenters. The maximum absolute atomic E-state index is 13.5. The predicted molar refractivity (Wildman–Crippen MR) is 116 cm³/mol. The van der Waals surface area contributed by atoms with Crippen LogP contribution in [0, 0.1) is 6.92 Å². The van der Waals surface area contributed by atoms with Crippen molar-refractivity contribution in [1.29, 1.82) is 0 Å². The quantitative estimate of drug-likeness (QED) is 0.676. The van der Waals surface area contributed by atoms with Gasteiger partial charge < -0.3 is 10.0 Å². The van der Waals surface area contributed by atoms with E-state index in [9.17, 15) is 14.7 Å². The third kappa shape index (κ3) is 3.82. The number of nitrogens with zero attached hydrogens (tertiary/aromatic N) is 3. The molecule has 4 rings (SSSR count). The highest BCUT2D eigenvalue weighted by Crippen LogP contribution is 2.30. The zero-order valence-electron chi connectivity index (χ0n) is 16.3. The van der Waals surface area contributed by atoms with E-state index in [1.54, 1.807) is 6.92 Å². The number of aryl methyl sites for hydroxylation is 1. The number of thiophene rings is 1. The molecule has 3 aromatic rings. The summed E-state index contributed by atoms with van der Waals surface area (Å²) in [7, 11) is 2.08. The number of carboxylic acids is 1.